The molecule has 2 aliphatic rings. The van der Waals surface area contributed by atoms with Crippen molar-refractivity contribution in [3.63, 3.8) is 0 Å². The first kappa shape index (κ1) is 24.5. The van der Waals surface area contributed by atoms with Crippen molar-refractivity contribution >= 4 is 34.8 Å². The number of aliphatic hydroxyl groups excluding tert-OH is 1. The number of alkyl halides is 2. The second-order valence-electron chi connectivity index (χ2n) is 8.70. The van der Waals surface area contributed by atoms with Crippen LogP contribution in [-0.2, 0) is 11.2 Å². The normalized spacial score (nSPS) is 26.7. The molecular formula is C27H25Cl3O5. The molecule has 2 N–H and O–H groups in total. The molecule has 1 aliphatic heterocycles. The van der Waals surface area contributed by atoms with Crippen molar-refractivity contribution in [1.29, 1.82) is 0 Å². The first-order valence-electron chi connectivity index (χ1n) is 11.4. The highest BCUT2D eigenvalue weighted by molar-refractivity contribution is 6.30. The van der Waals surface area contributed by atoms with Crippen LogP contribution in [0.4, 0.5) is 0 Å². The minimum atomic E-state index is -1.82. The molecule has 0 amide bonds. The number of fused-ring (bicyclic) bond motifs is 3. The van der Waals surface area contributed by atoms with Gasteiger partial charge in [-0.3, -0.25) is 0 Å². The zero-order valence-electron chi connectivity index (χ0n) is 18.8. The Bertz CT molecular complexity index is 1190. The molecule has 4 atom stereocenters. The van der Waals surface area contributed by atoms with Gasteiger partial charge in [0.15, 0.2) is 11.2 Å². The van der Waals surface area contributed by atoms with Gasteiger partial charge in [-0.2, -0.15) is 0 Å². The summed E-state index contributed by atoms with van der Waals surface area (Å²) in [4.78, 5) is 0. The van der Waals surface area contributed by atoms with Crippen LogP contribution in [0.1, 0.15) is 29.0 Å². The number of halogens is 3. The fourth-order valence-corrected chi connectivity index (χ4v) is 5.79. The monoisotopic (exact) mass is 534 g/mol. The fourth-order valence-electron chi connectivity index (χ4n) is 5.51. The third-order valence-electron chi connectivity index (χ3n) is 6.85. The van der Waals surface area contributed by atoms with Crippen molar-refractivity contribution in [3.8, 4) is 17.2 Å². The van der Waals surface area contributed by atoms with Gasteiger partial charge in [-0.05, 0) is 29.7 Å². The number of hydrogen-bond acceptors (Lipinski definition) is 5. The van der Waals surface area contributed by atoms with Gasteiger partial charge in [-0.25, -0.2) is 0 Å². The van der Waals surface area contributed by atoms with E-state index in [4.69, 9.17) is 49.0 Å². The number of aliphatic hydroxyl groups is 2. The summed E-state index contributed by atoms with van der Waals surface area (Å²) < 4.78 is 18.5. The number of benzene rings is 3. The van der Waals surface area contributed by atoms with Gasteiger partial charge < -0.3 is 24.4 Å². The average Bonchev–Trinajstić information content (AvgIpc) is 3.27. The van der Waals surface area contributed by atoms with E-state index in [1.54, 1.807) is 24.3 Å². The van der Waals surface area contributed by atoms with E-state index in [-0.39, 0.29) is 31.4 Å². The molecule has 0 spiro atoms. The predicted octanol–water partition coefficient (Wildman–Crippen LogP) is 5.60. The van der Waals surface area contributed by atoms with Crippen LogP contribution in [0.15, 0.2) is 66.7 Å². The summed E-state index contributed by atoms with van der Waals surface area (Å²) in [6.45, 7) is 0.492. The Hall–Kier alpha value is -2.15. The molecule has 35 heavy (non-hydrogen) atoms. The minimum Gasteiger partial charge on any atom is -0.492 e. The lowest BCUT2D eigenvalue weighted by Crippen LogP contribution is -2.52. The molecule has 3 aromatic rings. The van der Waals surface area contributed by atoms with Crippen molar-refractivity contribution in [3.05, 3.63) is 88.4 Å². The van der Waals surface area contributed by atoms with E-state index in [1.165, 1.54) is 0 Å². The Labute approximate surface area is 219 Å². The van der Waals surface area contributed by atoms with Gasteiger partial charge in [0.1, 0.15) is 30.5 Å². The highest BCUT2D eigenvalue weighted by Crippen LogP contribution is 2.68. The van der Waals surface area contributed by atoms with Gasteiger partial charge in [-0.15, -0.1) is 23.2 Å². The summed E-state index contributed by atoms with van der Waals surface area (Å²) in [5, 5.41) is 24.6. The van der Waals surface area contributed by atoms with E-state index >= 15 is 0 Å². The summed E-state index contributed by atoms with van der Waals surface area (Å²) in [6.07, 6.45) is -0.861. The second kappa shape index (κ2) is 9.72. The minimum absolute atomic E-state index is 0.204. The quantitative estimate of drug-likeness (QED) is 0.368. The van der Waals surface area contributed by atoms with E-state index in [1.807, 2.05) is 42.5 Å². The predicted molar refractivity (Wildman–Crippen MR) is 136 cm³/mol. The van der Waals surface area contributed by atoms with E-state index in [2.05, 4.69) is 0 Å². The third-order valence-corrected chi connectivity index (χ3v) is 7.41. The van der Waals surface area contributed by atoms with Gasteiger partial charge in [-0.1, -0.05) is 54.1 Å². The number of ether oxygens (including phenoxy) is 3. The van der Waals surface area contributed by atoms with E-state index in [0.29, 0.717) is 39.3 Å². The van der Waals surface area contributed by atoms with Crippen LogP contribution in [0, 0.1) is 0 Å². The van der Waals surface area contributed by atoms with Crippen LogP contribution in [0.5, 0.6) is 17.2 Å². The lowest BCUT2D eigenvalue weighted by Gasteiger charge is -2.40. The maximum Gasteiger partial charge on any atom is 0.176 e. The Kier molecular flexibility index (Phi) is 6.81. The molecule has 8 heteroatoms. The summed E-state index contributed by atoms with van der Waals surface area (Å²) in [6, 6.07) is 20.3. The Balaban J connectivity index is 1.75. The molecule has 0 bridgehead atoms. The molecule has 5 rings (SSSR count). The summed E-state index contributed by atoms with van der Waals surface area (Å²) in [5.41, 5.74) is -1.15. The first-order valence-corrected chi connectivity index (χ1v) is 12.9. The zero-order chi connectivity index (χ0) is 24.6. The molecule has 0 aromatic heterocycles. The van der Waals surface area contributed by atoms with Crippen LogP contribution in [-0.4, -0.2) is 41.3 Å². The molecule has 1 fully saturated rings. The van der Waals surface area contributed by atoms with Crippen molar-refractivity contribution in [2.45, 2.75) is 29.6 Å². The number of rotatable bonds is 8. The third kappa shape index (κ3) is 3.85. The first-order chi connectivity index (χ1) is 17.0. The Morgan fingerprint density at radius 2 is 1.63 bits per heavy atom. The van der Waals surface area contributed by atoms with E-state index in [0.717, 1.165) is 5.56 Å². The van der Waals surface area contributed by atoms with Crippen LogP contribution >= 0.6 is 34.8 Å². The topological polar surface area (TPSA) is 68.2 Å². The lowest BCUT2D eigenvalue weighted by atomic mass is 9.71. The molecule has 0 unspecified atom stereocenters. The number of hydrogen-bond donors (Lipinski definition) is 2. The molecular weight excluding hydrogens is 511 g/mol. The largest absolute Gasteiger partial charge is 0.492 e. The second-order valence-corrected chi connectivity index (χ2v) is 9.89. The molecule has 184 valence electrons. The van der Waals surface area contributed by atoms with Crippen molar-refractivity contribution in [2.75, 3.05) is 25.0 Å². The van der Waals surface area contributed by atoms with Crippen molar-refractivity contribution in [1.82, 2.24) is 0 Å². The van der Waals surface area contributed by atoms with Crippen molar-refractivity contribution < 1.29 is 24.4 Å². The molecule has 5 nitrogen and oxygen atoms in total. The van der Waals surface area contributed by atoms with Gasteiger partial charge >= 0.3 is 0 Å². The lowest BCUT2D eigenvalue weighted by molar-refractivity contribution is -0.150. The van der Waals surface area contributed by atoms with E-state index in [9.17, 15) is 10.2 Å². The average molecular weight is 536 g/mol. The highest BCUT2D eigenvalue weighted by atomic mass is 35.5. The summed E-state index contributed by atoms with van der Waals surface area (Å²) >= 11 is 17.9. The van der Waals surface area contributed by atoms with Gasteiger partial charge in [0.2, 0.25) is 0 Å². The zero-order valence-corrected chi connectivity index (χ0v) is 21.1. The van der Waals surface area contributed by atoms with Crippen molar-refractivity contribution in [2.24, 2.45) is 0 Å². The SMILES string of the molecule is O[C@H]1C[C@@H](c2ccccc2)[C@]2(c3ccc(Cl)cc3)Oc3cc(OCCCl)cc(OCCCl)c3[C@]12O. The molecule has 3 aromatic carbocycles. The van der Waals surface area contributed by atoms with Crippen LogP contribution in [0.2, 0.25) is 5.02 Å². The maximum absolute atomic E-state index is 12.5. The highest BCUT2D eigenvalue weighted by Gasteiger charge is 2.73. The standard InChI is InChI=1S/C27H25Cl3O5/c28-10-12-33-20-14-22(34-13-11-29)25-23(15-20)35-27(18-6-8-19(30)9-7-18)21(16-24(31)26(25,27)32)17-4-2-1-3-5-17/h1-9,14-15,21,24,31-32H,10-13,16H2/t21-,24-,26+,27-/m0/s1. The maximum atomic E-state index is 12.5. The molecule has 1 heterocycles. The van der Waals surface area contributed by atoms with E-state index < -0.39 is 17.3 Å². The van der Waals surface area contributed by atoms with Gasteiger partial charge in [0, 0.05) is 23.1 Å². The Morgan fingerprint density at radius 3 is 2.31 bits per heavy atom. The molecule has 1 saturated carbocycles. The fraction of sp³-hybridized carbons (Fsp3) is 0.333. The van der Waals surface area contributed by atoms with Crippen LogP contribution in [0.25, 0.3) is 0 Å². The smallest absolute Gasteiger partial charge is 0.176 e. The van der Waals surface area contributed by atoms with Crippen LogP contribution < -0.4 is 14.2 Å². The summed E-state index contributed by atoms with van der Waals surface area (Å²) in [5.74, 6) is 1.39. The van der Waals surface area contributed by atoms with Crippen LogP contribution in [0.3, 0.4) is 0 Å². The molecule has 1 aliphatic carbocycles. The summed E-state index contributed by atoms with van der Waals surface area (Å²) in [7, 11) is 0. The Morgan fingerprint density at radius 1 is 0.943 bits per heavy atom. The van der Waals surface area contributed by atoms with Gasteiger partial charge in [0.05, 0.1) is 23.4 Å². The molecule has 0 radical (unpaired) electrons. The van der Waals surface area contributed by atoms with Gasteiger partial charge in [0.25, 0.3) is 0 Å². The molecule has 0 saturated heterocycles.